The van der Waals surface area contributed by atoms with E-state index in [4.69, 9.17) is 19.9 Å². The molecule has 0 aliphatic heterocycles. The zero-order valence-corrected chi connectivity index (χ0v) is 34.1. The van der Waals surface area contributed by atoms with E-state index in [0.717, 1.165) is 25.8 Å². The normalized spacial score (nSPS) is 13.9. The van der Waals surface area contributed by atoms with Gasteiger partial charge in [-0.15, -0.1) is 45.3 Å². The second kappa shape index (κ2) is 14.4. The highest BCUT2D eigenvalue weighted by molar-refractivity contribution is 7.14. The summed E-state index contributed by atoms with van der Waals surface area (Å²) in [4.78, 5) is 29.4. The summed E-state index contributed by atoms with van der Waals surface area (Å²) in [5, 5.41) is 12.0. The summed E-state index contributed by atoms with van der Waals surface area (Å²) in [5.41, 5.74) is 11.0. The summed E-state index contributed by atoms with van der Waals surface area (Å²) >= 11 is 6.69. The topological polar surface area (TPSA) is 75.4 Å². The summed E-state index contributed by atoms with van der Waals surface area (Å²) in [7, 11) is 0. The van der Waals surface area contributed by atoms with Crippen LogP contribution in [0.15, 0.2) is 165 Å². The largest absolute Gasteiger partial charge is 0.286 e. The van der Waals surface area contributed by atoms with Crippen LogP contribution >= 0.6 is 45.3 Å². The first-order chi connectivity index (χ1) is 28.7. The molecule has 0 saturated carbocycles. The fourth-order valence-electron chi connectivity index (χ4n) is 8.55. The lowest BCUT2D eigenvalue weighted by atomic mass is 9.70. The molecule has 1 unspecified atom stereocenters. The quantitative estimate of drug-likeness (QED) is 0.116. The molecule has 5 aromatic heterocycles. The average molecular weight is 821 g/mol. The summed E-state index contributed by atoms with van der Waals surface area (Å²) in [6, 6.07) is 47.8. The van der Waals surface area contributed by atoms with Gasteiger partial charge in [-0.2, -0.15) is 0 Å². The highest BCUT2D eigenvalue weighted by Crippen LogP contribution is 2.63. The van der Waals surface area contributed by atoms with Gasteiger partial charge in [-0.25, -0.2) is 24.9 Å². The van der Waals surface area contributed by atoms with Crippen LogP contribution < -0.4 is 5.32 Å². The number of nitrogens with one attached hydrogen (secondary N) is 1. The fourth-order valence-corrected chi connectivity index (χ4v) is 11.3. The Morgan fingerprint density at radius 1 is 0.569 bits per heavy atom. The number of nitrogens with zero attached hydrogens (tertiary/aromatic N) is 5. The third kappa shape index (κ3) is 5.71. The van der Waals surface area contributed by atoms with Gasteiger partial charge < -0.3 is 0 Å². The van der Waals surface area contributed by atoms with Gasteiger partial charge in [0.25, 0.3) is 0 Å². The molecule has 1 N–H and O–H groups in total. The van der Waals surface area contributed by atoms with E-state index in [0.29, 0.717) is 29.9 Å². The van der Waals surface area contributed by atoms with Gasteiger partial charge in [0.05, 0.1) is 15.2 Å². The molecule has 0 amide bonds. The van der Waals surface area contributed by atoms with Crippen molar-refractivity contribution in [2.45, 2.75) is 18.1 Å². The Morgan fingerprint density at radius 2 is 1.16 bits per heavy atom. The molecule has 5 heterocycles. The van der Waals surface area contributed by atoms with Crippen LogP contribution in [0.1, 0.15) is 43.7 Å². The molecule has 11 rings (SSSR count). The molecule has 9 aromatic rings. The van der Waals surface area contributed by atoms with Crippen molar-refractivity contribution < 1.29 is 0 Å². The van der Waals surface area contributed by atoms with E-state index in [9.17, 15) is 0 Å². The van der Waals surface area contributed by atoms with Crippen molar-refractivity contribution in [2.75, 3.05) is 0 Å². The van der Waals surface area contributed by atoms with Crippen LogP contribution in [-0.2, 0) is 12.0 Å². The molecule has 1 spiro atoms. The first-order valence-electron chi connectivity index (χ1n) is 18.9. The lowest BCUT2D eigenvalue weighted by Crippen LogP contribution is -2.26. The number of aromatic nitrogens is 3. The Bertz CT molecular complexity index is 2890. The van der Waals surface area contributed by atoms with E-state index < -0.39 is 5.41 Å². The van der Waals surface area contributed by atoms with Crippen LogP contribution in [0.2, 0.25) is 0 Å². The second-order valence-corrected chi connectivity index (χ2v) is 18.0. The van der Waals surface area contributed by atoms with Crippen molar-refractivity contribution in [3.8, 4) is 55.0 Å². The van der Waals surface area contributed by atoms with Crippen molar-refractivity contribution in [3.63, 3.8) is 0 Å². The van der Waals surface area contributed by atoms with E-state index in [2.05, 4.69) is 160 Å². The Kier molecular flexibility index (Phi) is 8.75. The lowest BCUT2D eigenvalue weighted by Gasteiger charge is -2.31. The van der Waals surface area contributed by atoms with Crippen LogP contribution in [0.25, 0.3) is 55.0 Å². The smallest absolute Gasteiger partial charge is 0.174 e. The van der Waals surface area contributed by atoms with Crippen molar-refractivity contribution in [2.24, 2.45) is 9.98 Å². The molecular weight excluding hydrogens is 789 g/mol. The van der Waals surface area contributed by atoms with Gasteiger partial charge in [-0.3, -0.25) is 5.32 Å². The zero-order chi connectivity index (χ0) is 38.6. The Balaban J connectivity index is 1.10. The van der Waals surface area contributed by atoms with E-state index in [1.165, 1.54) is 49.4 Å². The monoisotopic (exact) mass is 820 g/mol. The highest BCUT2D eigenvalue weighted by atomic mass is 32.1. The maximum atomic E-state index is 5.27. The highest BCUT2D eigenvalue weighted by Gasteiger charge is 2.52. The van der Waals surface area contributed by atoms with Gasteiger partial charge in [-0.1, -0.05) is 97.1 Å². The van der Waals surface area contributed by atoms with Crippen LogP contribution in [-0.4, -0.2) is 27.5 Å². The third-order valence-corrected chi connectivity index (χ3v) is 14.5. The SMILES string of the molecule is C=NC(=NC(NCc1cccs1)c1cccs1)c1ccc2c(c1)C1(c3ccccc3-c3ccccc31)c1cc(-c3nc(-c4cccs4)nc(-c4cccs4)n3)ccc1-2. The molecular formula is C48H32N6S4. The van der Waals surface area contributed by atoms with Gasteiger partial charge in [-0.05, 0) is 109 Å². The van der Waals surface area contributed by atoms with E-state index in [1.807, 2.05) is 12.1 Å². The van der Waals surface area contributed by atoms with Crippen molar-refractivity contribution in [1.82, 2.24) is 20.3 Å². The van der Waals surface area contributed by atoms with Gasteiger partial charge >= 0.3 is 0 Å². The Hall–Kier alpha value is -6.01. The zero-order valence-electron chi connectivity index (χ0n) is 30.9. The number of hydrogen-bond acceptors (Lipinski definition) is 9. The Labute approximate surface area is 351 Å². The molecule has 58 heavy (non-hydrogen) atoms. The van der Waals surface area contributed by atoms with Crippen molar-refractivity contribution in [1.29, 1.82) is 0 Å². The number of hydrogen-bond donors (Lipinski definition) is 1. The molecule has 0 bridgehead atoms. The van der Waals surface area contributed by atoms with Gasteiger partial charge in [0.1, 0.15) is 6.17 Å². The molecule has 0 saturated heterocycles. The lowest BCUT2D eigenvalue weighted by molar-refractivity contribution is 0.566. The van der Waals surface area contributed by atoms with E-state index >= 15 is 0 Å². The van der Waals surface area contributed by atoms with Gasteiger partial charge in [0.2, 0.25) is 0 Å². The van der Waals surface area contributed by atoms with E-state index in [1.54, 1.807) is 45.3 Å². The average Bonchev–Trinajstić information content (AvgIpc) is 4.14. The molecule has 10 heteroatoms. The molecule has 4 aromatic carbocycles. The number of fused-ring (bicyclic) bond motifs is 10. The second-order valence-electron chi connectivity index (χ2n) is 14.1. The Morgan fingerprint density at radius 3 is 1.78 bits per heavy atom. The number of benzene rings is 4. The minimum atomic E-state index is -0.610. The summed E-state index contributed by atoms with van der Waals surface area (Å²) < 4.78 is 0. The molecule has 2 aliphatic rings. The summed E-state index contributed by atoms with van der Waals surface area (Å²) in [5.74, 6) is 2.60. The van der Waals surface area contributed by atoms with Crippen LogP contribution in [0.4, 0.5) is 0 Å². The summed E-state index contributed by atoms with van der Waals surface area (Å²) in [6.07, 6.45) is -0.281. The first kappa shape index (κ1) is 35.2. The van der Waals surface area contributed by atoms with Gasteiger partial charge in [0.15, 0.2) is 23.3 Å². The number of rotatable bonds is 9. The van der Waals surface area contributed by atoms with Crippen LogP contribution in [0.5, 0.6) is 0 Å². The maximum Gasteiger partial charge on any atom is 0.174 e. The minimum absolute atomic E-state index is 0.281. The summed E-state index contributed by atoms with van der Waals surface area (Å²) in [6.45, 7) is 4.76. The molecule has 1 atom stereocenters. The standard InChI is InChI=1S/C48H32N6S4/c1-49-43(51-45(40-15-7-23-56-40)50-28-31-10-6-22-55-31)29-18-20-34-35-21-19-30(44-52-46(41-16-8-24-57-41)54-47(53-44)42-17-9-25-58-42)27-39(35)48(38(34)26-29)36-13-4-2-11-32(36)33-12-3-5-14-37(33)48/h2-27,45,50H,1,28H2. The van der Waals surface area contributed by atoms with Crippen molar-refractivity contribution >= 4 is 57.9 Å². The predicted octanol–water partition coefficient (Wildman–Crippen LogP) is 12.4. The predicted molar refractivity (Wildman–Crippen MR) is 242 cm³/mol. The molecule has 6 nitrogen and oxygen atoms in total. The fraction of sp³-hybridized carbons (Fsp3) is 0.0625. The van der Waals surface area contributed by atoms with Gasteiger partial charge in [0, 0.05) is 27.4 Å². The number of amidine groups is 1. The number of thiophene rings is 4. The van der Waals surface area contributed by atoms with Crippen LogP contribution in [0.3, 0.4) is 0 Å². The molecule has 278 valence electrons. The maximum absolute atomic E-state index is 5.27. The van der Waals surface area contributed by atoms with E-state index in [-0.39, 0.29) is 6.17 Å². The first-order valence-corrected chi connectivity index (χ1v) is 22.4. The molecule has 0 radical (unpaired) electrons. The van der Waals surface area contributed by atoms with Crippen LogP contribution in [0, 0.1) is 0 Å². The minimum Gasteiger partial charge on any atom is -0.286 e. The number of aliphatic imine (C=N–C) groups is 2. The molecule has 2 aliphatic carbocycles. The van der Waals surface area contributed by atoms with Crippen molar-refractivity contribution in [3.05, 3.63) is 193 Å². The molecule has 0 fully saturated rings. The third-order valence-electron chi connectivity index (χ3n) is 11.0.